The van der Waals surface area contributed by atoms with Gasteiger partial charge in [-0.3, -0.25) is 9.59 Å². The molecule has 2 amide bonds. The lowest BCUT2D eigenvalue weighted by atomic mass is 9.98. The van der Waals surface area contributed by atoms with E-state index in [0.29, 0.717) is 19.4 Å². The number of nitrogens with one attached hydrogen (secondary N) is 2. The third-order valence-corrected chi connectivity index (χ3v) is 3.58. The van der Waals surface area contributed by atoms with Crippen molar-refractivity contribution in [1.29, 1.82) is 0 Å². The smallest absolute Gasteiger partial charge is 0.229 e. The highest BCUT2D eigenvalue weighted by Crippen LogP contribution is 2.22. The third kappa shape index (κ3) is 3.29. The van der Waals surface area contributed by atoms with Crippen LogP contribution in [0, 0.1) is 12.8 Å². The van der Waals surface area contributed by atoms with E-state index in [1.807, 2.05) is 44.1 Å². The Morgan fingerprint density at radius 3 is 2.70 bits per heavy atom. The van der Waals surface area contributed by atoms with Gasteiger partial charge in [-0.25, -0.2) is 0 Å². The average molecular weight is 275 g/mol. The van der Waals surface area contributed by atoms with E-state index >= 15 is 0 Å². The number of carbonyl (C=O) groups is 2. The number of amides is 2. The second-order valence-electron chi connectivity index (χ2n) is 5.42. The van der Waals surface area contributed by atoms with Gasteiger partial charge in [0.2, 0.25) is 11.8 Å². The topological polar surface area (TPSA) is 61.4 Å². The maximum absolute atomic E-state index is 12.1. The molecule has 1 saturated heterocycles. The minimum absolute atomic E-state index is 0.0259. The van der Waals surface area contributed by atoms with E-state index in [4.69, 9.17) is 0 Å². The summed E-state index contributed by atoms with van der Waals surface area (Å²) in [5.74, 6) is -0.135. The molecule has 1 aromatic rings. The zero-order chi connectivity index (χ0) is 14.7. The molecule has 0 spiro atoms. The van der Waals surface area contributed by atoms with Crippen molar-refractivity contribution in [2.45, 2.75) is 19.8 Å². The van der Waals surface area contributed by atoms with Gasteiger partial charge in [-0.05, 0) is 37.1 Å². The summed E-state index contributed by atoms with van der Waals surface area (Å²) in [7, 11) is 3.98. The molecule has 1 fully saturated rings. The Bertz CT molecular complexity index is 516. The van der Waals surface area contributed by atoms with Gasteiger partial charge in [-0.1, -0.05) is 0 Å². The lowest BCUT2D eigenvalue weighted by Crippen LogP contribution is -2.40. The van der Waals surface area contributed by atoms with Crippen LogP contribution < -0.4 is 15.5 Å². The summed E-state index contributed by atoms with van der Waals surface area (Å²) in [6.45, 7) is 2.45. The summed E-state index contributed by atoms with van der Waals surface area (Å²) in [6, 6.07) is 5.86. The Morgan fingerprint density at radius 1 is 1.40 bits per heavy atom. The molecule has 5 heteroatoms. The minimum atomic E-state index is -0.137. The van der Waals surface area contributed by atoms with Gasteiger partial charge < -0.3 is 15.5 Å². The number of carbonyl (C=O) groups excluding carboxylic acids is 2. The van der Waals surface area contributed by atoms with Crippen molar-refractivity contribution in [3.63, 3.8) is 0 Å². The molecule has 1 aliphatic heterocycles. The predicted molar refractivity (Wildman–Crippen MR) is 79.9 cm³/mol. The molecule has 1 aliphatic rings. The summed E-state index contributed by atoms with van der Waals surface area (Å²) < 4.78 is 0. The molecule has 0 aromatic heterocycles. The Kier molecular flexibility index (Phi) is 4.27. The molecular formula is C15H21N3O2. The van der Waals surface area contributed by atoms with Crippen LogP contribution in [-0.2, 0) is 9.59 Å². The molecule has 0 aliphatic carbocycles. The van der Waals surface area contributed by atoms with Crippen LogP contribution in [0.2, 0.25) is 0 Å². The molecule has 5 nitrogen and oxygen atoms in total. The molecule has 108 valence electrons. The van der Waals surface area contributed by atoms with E-state index in [0.717, 1.165) is 16.9 Å². The van der Waals surface area contributed by atoms with Gasteiger partial charge >= 0.3 is 0 Å². The van der Waals surface area contributed by atoms with Crippen molar-refractivity contribution < 1.29 is 9.59 Å². The Hall–Kier alpha value is -2.04. The molecule has 1 heterocycles. The van der Waals surface area contributed by atoms with Gasteiger partial charge in [-0.15, -0.1) is 0 Å². The minimum Gasteiger partial charge on any atom is -0.377 e. The summed E-state index contributed by atoms with van der Waals surface area (Å²) in [6.07, 6.45) is 1.04. The second-order valence-corrected chi connectivity index (χ2v) is 5.42. The maximum Gasteiger partial charge on any atom is 0.229 e. The molecule has 20 heavy (non-hydrogen) atoms. The predicted octanol–water partition coefficient (Wildman–Crippen LogP) is 1.53. The molecule has 0 radical (unpaired) electrons. The molecule has 1 atom stereocenters. The van der Waals surface area contributed by atoms with Crippen LogP contribution in [-0.4, -0.2) is 32.5 Å². The van der Waals surface area contributed by atoms with Crippen molar-refractivity contribution in [2.24, 2.45) is 5.92 Å². The average Bonchev–Trinajstić information content (AvgIpc) is 2.39. The van der Waals surface area contributed by atoms with Gasteiger partial charge in [0.25, 0.3) is 0 Å². The standard InChI is InChI=1S/C15H21N3O2/c1-10-8-12(5-6-13(10)18(2)3)17-15(20)11-4-7-14(19)16-9-11/h5-6,8,11H,4,7,9H2,1-3H3,(H,16,19)(H,17,20)/t11-/m0/s1. The van der Waals surface area contributed by atoms with Gasteiger partial charge in [0.1, 0.15) is 0 Å². The monoisotopic (exact) mass is 275 g/mol. The fourth-order valence-electron chi connectivity index (χ4n) is 2.44. The number of nitrogens with zero attached hydrogens (tertiary/aromatic N) is 1. The van der Waals surface area contributed by atoms with Crippen LogP contribution in [0.3, 0.4) is 0 Å². The van der Waals surface area contributed by atoms with Gasteiger partial charge in [0, 0.05) is 38.4 Å². The number of rotatable bonds is 3. The van der Waals surface area contributed by atoms with Crippen LogP contribution in [0.1, 0.15) is 18.4 Å². The van der Waals surface area contributed by atoms with Crippen LogP contribution in [0.25, 0.3) is 0 Å². The molecule has 1 aromatic carbocycles. The van der Waals surface area contributed by atoms with Crippen LogP contribution in [0.4, 0.5) is 11.4 Å². The van der Waals surface area contributed by atoms with E-state index in [2.05, 4.69) is 10.6 Å². The Balaban J connectivity index is 2.01. The zero-order valence-corrected chi connectivity index (χ0v) is 12.2. The summed E-state index contributed by atoms with van der Waals surface area (Å²) in [5, 5.41) is 5.65. The first-order valence-corrected chi connectivity index (χ1v) is 6.83. The lowest BCUT2D eigenvalue weighted by molar-refractivity contribution is -0.126. The van der Waals surface area contributed by atoms with Crippen LogP contribution >= 0.6 is 0 Å². The van der Waals surface area contributed by atoms with E-state index in [-0.39, 0.29) is 17.7 Å². The highest BCUT2D eigenvalue weighted by atomic mass is 16.2. The quantitative estimate of drug-likeness (QED) is 0.879. The second kappa shape index (κ2) is 5.94. The highest BCUT2D eigenvalue weighted by Gasteiger charge is 2.24. The highest BCUT2D eigenvalue weighted by molar-refractivity contribution is 5.94. The number of anilines is 2. The van der Waals surface area contributed by atoms with Crippen molar-refractivity contribution in [1.82, 2.24) is 5.32 Å². The third-order valence-electron chi connectivity index (χ3n) is 3.58. The van der Waals surface area contributed by atoms with E-state index in [1.54, 1.807) is 0 Å². The molecule has 0 saturated carbocycles. The van der Waals surface area contributed by atoms with Gasteiger partial charge in [0.15, 0.2) is 0 Å². The van der Waals surface area contributed by atoms with Gasteiger partial charge in [-0.2, -0.15) is 0 Å². The maximum atomic E-state index is 12.1. The SMILES string of the molecule is Cc1cc(NC(=O)[C@H]2CCC(=O)NC2)ccc1N(C)C. The fraction of sp³-hybridized carbons (Fsp3) is 0.467. The Morgan fingerprint density at radius 2 is 2.15 bits per heavy atom. The Labute approximate surface area is 119 Å². The van der Waals surface area contributed by atoms with E-state index in [9.17, 15) is 9.59 Å². The molecule has 2 N–H and O–H groups in total. The fourth-order valence-corrected chi connectivity index (χ4v) is 2.44. The molecule has 0 bridgehead atoms. The van der Waals surface area contributed by atoms with Crippen molar-refractivity contribution in [3.8, 4) is 0 Å². The first kappa shape index (κ1) is 14.4. The van der Waals surface area contributed by atoms with Gasteiger partial charge in [0.05, 0.1) is 5.92 Å². The number of hydrogen-bond donors (Lipinski definition) is 2. The van der Waals surface area contributed by atoms with E-state index < -0.39 is 0 Å². The largest absolute Gasteiger partial charge is 0.377 e. The molecule has 2 rings (SSSR count). The first-order chi connectivity index (χ1) is 9.47. The van der Waals surface area contributed by atoms with Crippen molar-refractivity contribution in [2.75, 3.05) is 30.9 Å². The number of aryl methyl sites for hydroxylation is 1. The van der Waals surface area contributed by atoms with E-state index in [1.165, 1.54) is 0 Å². The number of hydrogen-bond acceptors (Lipinski definition) is 3. The first-order valence-electron chi connectivity index (χ1n) is 6.83. The lowest BCUT2D eigenvalue weighted by Gasteiger charge is -2.22. The molecule has 0 unspecified atom stereocenters. The normalized spacial score (nSPS) is 18.4. The summed E-state index contributed by atoms with van der Waals surface area (Å²) in [5.41, 5.74) is 3.05. The van der Waals surface area contributed by atoms with Crippen LogP contribution in [0.5, 0.6) is 0 Å². The molecular weight excluding hydrogens is 254 g/mol. The number of piperidine rings is 1. The summed E-state index contributed by atoms with van der Waals surface area (Å²) in [4.78, 5) is 25.3. The number of benzene rings is 1. The summed E-state index contributed by atoms with van der Waals surface area (Å²) >= 11 is 0. The van der Waals surface area contributed by atoms with Crippen LogP contribution in [0.15, 0.2) is 18.2 Å². The zero-order valence-electron chi connectivity index (χ0n) is 12.2. The van der Waals surface area contributed by atoms with Crippen molar-refractivity contribution in [3.05, 3.63) is 23.8 Å². The van der Waals surface area contributed by atoms with Crippen molar-refractivity contribution >= 4 is 23.2 Å².